The fourth-order valence-electron chi connectivity index (χ4n) is 1.87. The second-order valence-corrected chi connectivity index (χ2v) is 6.24. The second kappa shape index (κ2) is 7.41. The second-order valence-electron chi connectivity index (χ2n) is 5.12. The Labute approximate surface area is 130 Å². The number of hydrogen-bond donors (Lipinski definition) is 1. The van der Waals surface area contributed by atoms with Crippen LogP contribution in [-0.2, 0) is 6.42 Å². The molecule has 0 aliphatic carbocycles. The maximum Gasteiger partial charge on any atom is 0.227 e. The van der Waals surface area contributed by atoms with E-state index in [9.17, 15) is 0 Å². The van der Waals surface area contributed by atoms with Gasteiger partial charge in [-0.05, 0) is 25.8 Å². The smallest absolute Gasteiger partial charge is 0.227 e. The Morgan fingerprint density at radius 1 is 1.38 bits per heavy atom. The van der Waals surface area contributed by atoms with Crippen LogP contribution in [0.5, 0.6) is 5.88 Å². The summed E-state index contributed by atoms with van der Waals surface area (Å²) in [5.41, 5.74) is 1.11. The van der Waals surface area contributed by atoms with Crippen LogP contribution in [0.1, 0.15) is 38.5 Å². The quantitative estimate of drug-likeness (QED) is 0.733. The van der Waals surface area contributed by atoms with Gasteiger partial charge in [-0.15, -0.1) is 17.9 Å². The molecule has 0 fully saturated rings. The average Bonchev–Trinajstić information content (AvgIpc) is 2.88. The third-order valence-electron chi connectivity index (χ3n) is 3.06. The maximum atomic E-state index is 5.86. The molecule has 0 radical (unpaired) electrons. The zero-order chi connectivity index (χ0) is 15.2. The molecule has 0 bridgehead atoms. The number of rotatable bonds is 8. The first-order valence-electron chi connectivity index (χ1n) is 7.45. The van der Waals surface area contributed by atoms with Crippen LogP contribution in [0.4, 0.5) is 5.95 Å². The Hall–Kier alpha value is -1.62. The number of anilines is 1. The lowest BCUT2D eigenvalue weighted by atomic mass is 10.3. The van der Waals surface area contributed by atoms with E-state index in [0.29, 0.717) is 18.4 Å². The fourth-order valence-corrected chi connectivity index (χ4v) is 2.83. The maximum absolute atomic E-state index is 5.86. The number of thiophene rings is 1. The standard InChI is InChI=1S/C16H23N3OS/c1-5-8-17-16-18-14(20-9-7-11(3)4)13-10-12(6-2)21-15(13)19-16/h10H,3,5-9H2,1-2,4H3,(H,17,18,19). The Morgan fingerprint density at radius 3 is 2.86 bits per heavy atom. The van der Waals surface area contributed by atoms with E-state index in [4.69, 9.17) is 4.74 Å². The molecular formula is C16H23N3OS. The molecular weight excluding hydrogens is 282 g/mol. The monoisotopic (exact) mass is 305 g/mol. The van der Waals surface area contributed by atoms with Crippen molar-refractivity contribution in [2.45, 2.75) is 40.0 Å². The highest BCUT2D eigenvalue weighted by atomic mass is 32.1. The van der Waals surface area contributed by atoms with Gasteiger partial charge in [-0.1, -0.05) is 19.4 Å². The highest BCUT2D eigenvalue weighted by Gasteiger charge is 2.12. The highest BCUT2D eigenvalue weighted by Crippen LogP contribution is 2.31. The minimum Gasteiger partial charge on any atom is -0.477 e. The summed E-state index contributed by atoms with van der Waals surface area (Å²) in [6.45, 7) is 11.6. The third-order valence-corrected chi connectivity index (χ3v) is 4.23. The van der Waals surface area contributed by atoms with E-state index in [2.05, 4.69) is 41.8 Å². The molecule has 0 saturated carbocycles. The molecule has 5 heteroatoms. The first-order valence-corrected chi connectivity index (χ1v) is 8.27. The van der Waals surface area contributed by atoms with E-state index in [0.717, 1.165) is 41.6 Å². The summed E-state index contributed by atoms with van der Waals surface area (Å²) in [6.07, 6.45) is 2.88. The van der Waals surface area contributed by atoms with Gasteiger partial charge in [0.05, 0.1) is 12.0 Å². The van der Waals surface area contributed by atoms with Gasteiger partial charge < -0.3 is 10.1 Å². The fraction of sp³-hybridized carbons (Fsp3) is 0.500. The van der Waals surface area contributed by atoms with E-state index < -0.39 is 0 Å². The molecule has 21 heavy (non-hydrogen) atoms. The summed E-state index contributed by atoms with van der Waals surface area (Å²) >= 11 is 1.71. The van der Waals surface area contributed by atoms with Crippen LogP contribution in [-0.4, -0.2) is 23.1 Å². The van der Waals surface area contributed by atoms with E-state index in [1.807, 2.05) is 6.92 Å². The molecule has 2 aromatic heterocycles. The summed E-state index contributed by atoms with van der Waals surface area (Å²) in [5, 5.41) is 4.25. The minimum atomic E-state index is 0.603. The van der Waals surface area contributed by atoms with Crippen LogP contribution in [0.3, 0.4) is 0 Å². The predicted octanol–water partition coefficient (Wildman–Crippen LogP) is 4.42. The van der Waals surface area contributed by atoms with Gasteiger partial charge >= 0.3 is 0 Å². The Kier molecular flexibility index (Phi) is 5.56. The molecule has 0 saturated heterocycles. The lowest BCUT2D eigenvalue weighted by Crippen LogP contribution is -2.06. The first-order chi connectivity index (χ1) is 10.1. The number of aryl methyl sites for hydroxylation is 1. The number of ether oxygens (including phenoxy) is 1. The van der Waals surface area contributed by atoms with Crippen molar-refractivity contribution in [2.75, 3.05) is 18.5 Å². The van der Waals surface area contributed by atoms with Crippen LogP contribution in [0.25, 0.3) is 10.2 Å². The van der Waals surface area contributed by atoms with Gasteiger partial charge in [0.25, 0.3) is 0 Å². The molecule has 0 aliphatic rings. The van der Waals surface area contributed by atoms with E-state index in [-0.39, 0.29) is 0 Å². The van der Waals surface area contributed by atoms with Crippen LogP contribution in [0.15, 0.2) is 18.2 Å². The van der Waals surface area contributed by atoms with Crippen molar-refractivity contribution in [3.63, 3.8) is 0 Å². The van der Waals surface area contributed by atoms with E-state index in [1.54, 1.807) is 11.3 Å². The van der Waals surface area contributed by atoms with Crippen LogP contribution >= 0.6 is 11.3 Å². The van der Waals surface area contributed by atoms with E-state index >= 15 is 0 Å². The van der Waals surface area contributed by atoms with Crippen molar-refractivity contribution in [1.29, 1.82) is 0 Å². The normalized spacial score (nSPS) is 10.8. The van der Waals surface area contributed by atoms with Crippen molar-refractivity contribution >= 4 is 27.5 Å². The molecule has 2 heterocycles. The molecule has 0 aliphatic heterocycles. The molecule has 114 valence electrons. The molecule has 0 spiro atoms. The van der Waals surface area contributed by atoms with Gasteiger partial charge in [0.1, 0.15) is 4.83 Å². The predicted molar refractivity (Wildman–Crippen MR) is 90.5 cm³/mol. The average molecular weight is 305 g/mol. The van der Waals surface area contributed by atoms with Crippen molar-refractivity contribution in [3.8, 4) is 5.88 Å². The third kappa shape index (κ3) is 4.17. The summed E-state index contributed by atoms with van der Waals surface area (Å²) in [7, 11) is 0. The lowest BCUT2D eigenvalue weighted by Gasteiger charge is -2.09. The van der Waals surface area contributed by atoms with Crippen LogP contribution in [0, 0.1) is 0 Å². The van der Waals surface area contributed by atoms with Crippen molar-refractivity contribution in [2.24, 2.45) is 0 Å². The number of aromatic nitrogens is 2. The van der Waals surface area contributed by atoms with Gasteiger partial charge in [0.2, 0.25) is 11.8 Å². The van der Waals surface area contributed by atoms with E-state index in [1.165, 1.54) is 4.88 Å². The zero-order valence-corrected chi connectivity index (χ0v) is 13.8. The lowest BCUT2D eigenvalue weighted by molar-refractivity contribution is 0.313. The largest absolute Gasteiger partial charge is 0.477 e. The summed E-state index contributed by atoms with van der Waals surface area (Å²) < 4.78 is 5.86. The SMILES string of the molecule is C=C(C)CCOc1nc(NCCC)nc2sc(CC)cc12. The number of nitrogens with zero attached hydrogens (tertiary/aromatic N) is 2. The Morgan fingerprint density at radius 2 is 2.19 bits per heavy atom. The topological polar surface area (TPSA) is 47.0 Å². The van der Waals surface area contributed by atoms with Gasteiger partial charge in [0, 0.05) is 17.8 Å². The molecule has 0 aromatic carbocycles. The first kappa shape index (κ1) is 15.8. The molecule has 2 rings (SSSR count). The summed E-state index contributed by atoms with van der Waals surface area (Å²) in [6, 6.07) is 2.14. The molecule has 0 unspecified atom stereocenters. The Bertz CT molecular complexity index is 621. The highest BCUT2D eigenvalue weighted by molar-refractivity contribution is 7.18. The van der Waals surface area contributed by atoms with Crippen molar-refractivity contribution in [3.05, 3.63) is 23.1 Å². The molecule has 0 atom stereocenters. The Balaban J connectivity index is 2.28. The summed E-state index contributed by atoms with van der Waals surface area (Å²) in [4.78, 5) is 11.4. The van der Waals surface area contributed by atoms with Crippen molar-refractivity contribution < 1.29 is 4.74 Å². The molecule has 2 aromatic rings. The van der Waals surface area contributed by atoms with Gasteiger partial charge in [-0.3, -0.25) is 0 Å². The minimum absolute atomic E-state index is 0.603. The van der Waals surface area contributed by atoms with Crippen molar-refractivity contribution in [1.82, 2.24) is 9.97 Å². The van der Waals surface area contributed by atoms with Gasteiger partial charge in [0.15, 0.2) is 0 Å². The van der Waals surface area contributed by atoms with Crippen LogP contribution in [0.2, 0.25) is 0 Å². The molecule has 0 amide bonds. The molecule has 4 nitrogen and oxygen atoms in total. The summed E-state index contributed by atoms with van der Waals surface area (Å²) in [5.74, 6) is 1.33. The molecule has 1 N–H and O–H groups in total. The van der Waals surface area contributed by atoms with Gasteiger partial charge in [-0.25, -0.2) is 4.98 Å². The van der Waals surface area contributed by atoms with Crippen LogP contribution < -0.4 is 10.1 Å². The van der Waals surface area contributed by atoms with Gasteiger partial charge in [-0.2, -0.15) is 4.98 Å². The zero-order valence-electron chi connectivity index (χ0n) is 13.0. The number of fused-ring (bicyclic) bond motifs is 1. The number of nitrogens with one attached hydrogen (secondary N) is 1. The number of hydrogen-bond acceptors (Lipinski definition) is 5.